The third-order valence-electron chi connectivity index (χ3n) is 5.73. The fraction of sp³-hybridized carbons (Fsp3) is 0.400. The van der Waals surface area contributed by atoms with Crippen LogP contribution in [0, 0.1) is 5.92 Å². The second-order valence-corrected chi connectivity index (χ2v) is 8.78. The van der Waals surface area contributed by atoms with E-state index < -0.39 is 36.1 Å². The summed E-state index contributed by atoms with van der Waals surface area (Å²) in [4.78, 5) is 37.8. The van der Waals surface area contributed by atoms with Crippen LogP contribution in [-0.2, 0) is 25.7 Å². The number of nitrogens with one attached hydrogen (secondary N) is 2. The first-order valence-corrected chi connectivity index (χ1v) is 11.6. The van der Waals surface area contributed by atoms with E-state index in [4.69, 9.17) is 16.3 Å². The summed E-state index contributed by atoms with van der Waals surface area (Å²) in [6.45, 7) is 0.289. The molecule has 0 bridgehead atoms. The van der Waals surface area contributed by atoms with Crippen molar-refractivity contribution in [3.8, 4) is 0 Å². The molecular formula is C25H29ClN2O6. The zero-order valence-electron chi connectivity index (χ0n) is 18.7. The fourth-order valence-electron chi connectivity index (χ4n) is 3.74. The predicted octanol–water partition coefficient (Wildman–Crippen LogP) is 2.27. The van der Waals surface area contributed by atoms with Crippen molar-refractivity contribution in [2.75, 3.05) is 6.54 Å². The number of hydrogen-bond donors (Lipinski definition) is 4. The molecule has 4 N–H and O–H groups in total. The van der Waals surface area contributed by atoms with E-state index in [1.54, 1.807) is 48.5 Å². The summed E-state index contributed by atoms with van der Waals surface area (Å²) < 4.78 is 5.52. The van der Waals surface area contributed by atoms with Crippen LogP contribution in [0.4, 0.5) is 0 Å². The number of aliphatic hydroxyl groups is 2. The van der Waals surface area contributed by atoms with E-state index in [1.165, 1.54) is 0 Å². The highest BCUT2D eigenvalue weighted by molar-refractivity contribution is 6.30. The molecule has 2 unspecified atom stereocenters. The predicted molar refractivity (Wildman–Crippen MR) is 126 cm³/mol. The Kier molecular flexibility index (Phi) is 9.44. The molecule has 0 aromatic heterocycles. The number of esters is 1. The average Bonchev–Trinajstić information content (AvgIpc) is 2.84. The maximum atomic E-state index is 12.9. The number of carbonyl (C=O) groups excluding carboxylic acids is 3. The summed E-state index contributed by atoms with van der Waals surface area (Å²) in [5.41, 5.74) is 1.56. The number of hydrogen-bond acceptors (Lipinski definition) is 6. The minimum atomic E-state index is -1.27. The van der Waals surface area contributed by atoms with Crippen molar-refractivity contribution in [1.29, 1.82) is 0 Å². The number of carbonyl (C=O) groups is 3. The Hall–Kier alpha value is -2.94. The van der Waals surface area contributed by atoms with Crippen molar-refractivity contribution in [3.63, 3.8) is 0 Å². The Balaban J connectivity index is 1.68. The minimum Gasteiger partial charge on any atom is -0.456 e. The molecule has 1 heterocycles. The number of amides is 2. The molecule has 34 heavy (non-hydrogen) atoms. The first kappa shape index (κ1) is 25.7. The van der Waals surface area contributed by atoms with Crippen LogP contribution in [0.5, 0.6) is 0 Å². The molecule has 9 heteroatoms. The Bertz CT molecular complexity index is 969. The zero-order valence-corrected chi connectivity index (χ0v) is 19.4. The molecule has 1 saturated heterocycles. The highest BCUT2D eigenvalue weighted by atomic mass is 35.5. The quantitative estimate of drug-likeness (QED) is 0.478. The summed E-state index contributed by atoms with van der Waals surface area (Å²) in [5.74, 6) is -2.24. The van der Waals surface area contributed by atoms with Crippen molar-refractivity contribution in [2.24, 2.45) is 5.92 Å². The maximum absolute atomic E-state index is 12.9. The number of rotatable bonds is 5. The molecule has 8 nitrogen and oxygen atoms in total. The van der Waals surface area contributed by atoms with Crippen molar-refractivity contribution in [3.05, 3.63) is 70.7 Å². The van der Waals surface area contributed by atoms with Crippen LogP contribution in [0.1, 0.15) is 42.9 Å². The third kappa shape index (κ3) is 7.83. The van der Waals surface area contributed by atoms with Crippen molar-refractivity contribution in [2.45, 2.75) is 50.5 Å². The molecular weight excluding hydrogens is 460 g/mol. The van der Waals surface area contributed by atoms with Gasteiger partial charge in [0.05, 0.1) is 18.8 Å². The van der Waals surface area contributed by atoms with Crippen LogP contribution >= 0.6 is 11.6 Å². The number of benzene rings is 2. The van der Waals surface area contributed by atoms with Gasteiger partial charge in [-0.3, -0.25) is 14.4 Å². The fourth-order valence-corrected chi connectivity index (χ4v) is 3.87. The largest absolute Gasteiger partial charge is 0.456 e. The van der Waals surface area contributed by atoms with E-state index in [1.807, 2.05) is 6.07 Å². The summed E-state index contributed by atoms with van der Waals surface area (Å²) in [6, 6.07) is 16.0. The molecule has 2 amide bonds. The molecule has 2 aromatic rings. The molecule has 2 aromatic carbocycles. The van der Waals surface area contributed by atoms with Gasteiger partial charge in [-0.2, -0.15) is 0 Å². The topological polar surface area (TPSA) is 125 Å². The van der Waals surface area contributed by atoms with Crippen LogP contribution in [-0.4, -0.2) is 46.7 Å². The van der Waals surface area contributed by atoms with Gasteiger partial charge < -0.3 is 25.6 Å². The van der Waals surface area contributed by atoms with Crippen LogP contribution in [0.2, 0.25) is 5.02 Å². The smallest absolute Gasteiger partial charge is 0.306 e. The summed E-state index contributed by atoms with van der Waals surface area (Å²) in [5, 5.41) is 26.8. The molecule has 0 spiro atoms. The molecule has 0 aliphatic carbocycles. The molecule has 3 rings (SSSR count). The van der Waals surface area contributed by atoms with Gasteiger partial charge in [0.25, 0.3) is 0 Å². The van der Waals surface area contributed by atoms with Gasteiger partial charge in [-0.15, -0.1) is 0 Å². The van der Waals surface area contributed by atoms with Gasteiger partial charge in [0.2, 0.25) is 11.8 Å². The first-order valence-electron chi connectivity index (χ1n) is 11.2. The van der Waals surface area contributed by atoms with Crippen LogP contribution in [0.25, 0.3) is 0 Å². The lowest BCUT2D eigenvalue weighted by molar-refractivity contribution is -0.151. The number of halogens is 1. The van der Waals surface area contributed by atoms with E-state index in [2.05, 4.69) is 10.6 Å². The number of ether oxygens (including phenoxy) is 1. The summed E-state index contributed by atoms with van der Waals surface area (Å²) >= 11 is 5.87. The minimum absolute atomic E-state index is 0.0153. The molecule has 1 fully saturated rings. The van der Waals surface area contributed by atoms with Crippen molar-refractivity contribution < 1.29 is 29.3 Å². The van der Waals surface area contributed by atoms with E-state index in [0.717, 1.165) is 5.56 Å². The monoisotopic (exact) mass is 488 g/mol. The SMILES string of the molecule is O=C(CC1C[C@H](O)[C@@H](O)CCC(=O)OC(c2ccccc2)CNC1=O)NCc1ccc(Cl)cc1. The van der Waals surface area contributed by atoms with E-state index >= 15 is 0 Å². The zero-order chi connectivity index (χ0) is 24.5. The average molecular weight is 489 g/mol. The van der Waals surface area contributed by atoms with Gasteiger partial charge in [-0.25, -0.2) is 0 Å². The van der Waals surface area contributed by atoms with Crippen LogP contribution < -0.4 is 10.6 Å². The number of aliphatic hydroxyl groups excluding tert-OH is 2. The molecule has 4 atom stereocenters. The second-order valence-electron chi connectivity index (χ2n) is 8.35. The Morgan fingerprint density at radius 3 is 2.47 bits per heavy atom. The van der Waals surface area contributed by atoms with E-state index in [0.29, 0.717) is 10.6 Å². The summed E-state index contributed by atoms with van der Waals surface area (Å²) in [6.07, 6.45) is -3.59. The van der Waals surface area contributed by atoms with Crippen LogP contribution in [0.3, 0.4) is 0 Å². The Morgan fingerprint density at radius 2 is 1.76 bits per heavy atom. The molecule has 1 aliphatic heterocycles. The molecule has 0 radical (unpaired) electrons. The van der Waals surface area contributed by atoms with Crippen molar-refractivity contribution >= 4 is 29.4 Å². The lowest BCUT2D eigenvalue weighted by Gasteiger charge is -2.26. The number of cyclic esters (lactones) is 1. The van der Waals surface area contributed by atoms with Gasteiger partial charge >= 0.3 is 5.97 Å². The molecule has 182 valence electrons. The maximum Gasteiger partial charge on any atom is 0.306 e. The van der Waals surface area contributed by atoms with Crippen molar-refractivity contribution in [1.82, 2.24) is 10.6 Å². The normalized spacial score (nSPS) is 24.2. The Morgan fingerprint density at radius 1 is 1.06 bits per heavy atom. The van der Waals surface area contributed by atoms with Gasteiger partial charge in [0, 0.05) is 30.3 Å². The van der Waals surface area contributed by atoms with Crippen LogP contribution in [0.15, 0.2) is 54.6 Å². The second kappa shape index (κ2) is 12.5. The first-order chi connectivity index (χ1) is 16.3. The lowest BCUT2D eigenvalue weighted by atomic mass is 9.92. The highest BCUT2D eigenvalue weighted by Gasteiger charge is 2.30. The van der Waals surface area contributed by atoms with Gasteiger partial charge in [0.1, 0.15) is 6.10 Å². The van der Waals surface area contributed by atoms with Gasteiger partial charge in [0.15, 0.2) is 0 Å². The molecule has 0 saturated carbocycles. The van der Waals surface area contributed by atoms with Gasteiger partial charge in [-0.05, 0) is 36.1 Å². The Labute approximate surface area is 203 Å². The summed E-state index contributed by atoms with van der Waals surface area (Å²) in [7, 11) is 0. The van der Waals surface area contributed by atoms with E-state index in [-0.39, 0.29) is 44.7 Å². The van der Waals surface area contributed by atoms with Gasteiger partial charge in [-0.1, -0.05) is 54.1 Å². The highest BCUT2D eigenvalue weighted by Crippen LogP contribution is 2.22. The van der Waals surface area contributed by atoms with E-state index in [9.17, 15) is 24.6 Å². The third-order valence-corrected chi connectivity index (χ3v) is 5.98. The standard InChI is InChI=1S/C25H29ClN2O6/c26-19-8-6-16(7-9-19)14-27-23(31)13-18-12-21(30)20(29)10-11-24(32)34-22(15-28-25(18)33)17-4-2-1-3-5-17/h1-9,18,20-22,29-30H,10-15H2,(H,27,31)(H,28,33)/t18?,20-,21-,22?/m0/s1. The lowest BCUT2D eigenvalue weighted by Crippen LogP contribution is -2.41. The molecule has 1 aliphatic rings.